The summed E-state index contributed by atoms with van der Waals surface area (Å²) in [7, 11) is 0. The van der Waals surface area contributed by atoms with Crippen molar-refractivity contribution in [3.05, 3.63) is 59.2 Å². The normalized spacial score (nSPS) is 13.9. The third-order valence-electron chi connectivity index (χ3n) is 3.92. The van der Waals surface area contributed by atoms with Gasteiger partial charge in [-0.2, -0.15) is 5.10 Å². The molecule has 1 heterocycles. The molecule has 0 saturated heterocycles. The molecule has 1 amide bonds. The Morgan fingerprint density at radius 1 is 1.21 bits per heavy atom. The summed E-state index contributed by atoms with van der Waals surface area (Å²) in [5.41, 5.74) is 6.99. The predicted octanol–water partition coefficient (Wildman–Crippen LogP) is 3.11. The number of anilines is 2. The van der Waals surface area contributed by atoms with Crippen molar-refractivity contribution in [1.82, 2.24) is 0 Å². The van der Waals surface area contributed by atoms with Crippen molar-refractivity contribution in [2.75, 3.05) is 10.7 Å². The molecule has 0 fully saturated rings. The fourth-order valence-corrected chi connectivity index (χ4v) is 2.58. The van der Waals surface area contributed by atoms with Crippen LogP contribution >= 0.6 is 0 Å². The van der Waals surface area contributed by atoms with Crippen LogP contribution in [0.4, 0.5) is 11.4 Å². The first-order chi connectivity index (χ1) is 11.5. The second-order valence-corrected chi connectivity index (χ2v) is 5.58. The summed E-state index contributed by atoms with van der Waals surface area (Å²) in [4.78, 5) is 22.6. The smallest absolute Gasteiger partial charge is 0.337 e. The minimum Gasteiger partial charge on any atom is -0.478 e. The van der Waals surface area contributed by atoms with Crippen LogP contribution in [0.5, 0.6) is 0 Å². The van der Waals surface area contributed by atoms with Gasteiger partial charge in [0.2, 0.25) is 5.91 Å². The van der Waals surface area contributed by atoms with E-state index in [0.717, 1.165) is 22.5 Å². The standard InChI is InChI=1S/C18H17N3O3/c1-11(20-21-16-5-3-2-4-14(16)18(23)24)12-6-8-15-13(10-12)7-9-17(22)19-15/h2-6,8,10,21H,7,9H2,1H3,(H,19,22)(H,23,24). The SMILES string of the molecule is CC(=NNc1ccccc1C(=O)O)c1ccc2c(c1)CCC(=O)N2. The number of fused-ring (bicyclic) bond motifs is 1. The lowest BCUT2D eigenvalue weighted by Crippen LogP contribution is -2.19. The topological polar surface area (TPSA) is 90.8 Å². The number of hydrogen-bond donors (Lipinski definition) is 3. The molecule has 2 aromatic rings. The summed E-state index contributed by atoms with van der Waals surface area (Å²) in [5, 5.41) is 16.3. The molecule has 0 radical (unpaired) electrons. The molecule has 24 heavy (non-hydrogen) atoms. The maximum atomic E-state index is 11.4. The Kier molecular flexibility index (Phi) is 4.29. The monoisotopic (exact) mass is 323 g/mol. The van der Waals surface area contributed by atoms with Gasteiger partial charge in [-0.05, 0) is 48.7 Å². The zero-order valence-corrected chi connectivity index (χ0v) is 13.2. The summed E-state index contributed by atoms with van der Waals surface area (Å²) >= 11 is 0. The van der Waals surface area contributed by atoms with E-state index < -0.39 is 5.97 Å². The molecule has 3 rings (SSSR count). The van der Waals surface area contributed by atoms with E-state index in [4.69, 9.17) is 0 Å². The summed E-state index contributed by atoms with van der Waals surface area (Å²) < 4.78 is 0. The molecular formula is C18H17N3O3. The van der Waals surface area contributed by atoms with E-state index in [-0.39, 0.29) is 11.5 Å². The van der Waals surface area contributed by atoms with Crippen molar-refractivity contribution in [2.45, 2.75) is 19.8 Å². The second kappa shape index (κ2) is 6.54. The molecule has 0 aliphatic carbocycles. The molecular weight excluding hydrogens is 306 g/mol. The predicted molar refractivity (Wildman–Crippen MR) is 92.6 cm³/mol. The lowest BCUT2D eigenvalue weighted by Gasteiger charge is -2.17. The molecule has 6 nitrogen and oxygen atoms in total. The van der Waals surface area contributed by atoms with Gasteiger partial charge < -0.3 is 10.4 Å². The minimum absolute atomic E-state index is 0.0348. The Morgan fingerprint density at radius 2 is 2.00 bits per heavy atom. The number of para-hydroxylation sites is 1. The molecule has 2 aromatic carbocycles. The Hall–Kier alpha value is -3.15. The maximum absolute atomic E-state index is 11.4. The highest BCUT2D eigenvalue weighted by Gasteiger charge is 2.15. The number of nitrogens with one attached hydrogen (secondary N) is 2. The number of aryl methyl sites for hydroxylation is 1. The summed E-state index contributed by atoms with van der Waals surface area (Å²) in [6.45, 7) is 1.85. The van der Waals surface area contributed by atoms with Gasteiger partial charge in [-0.25, -0.2) is 4.79 Å². The molecule has 3 N–H and O–H groups in total. The van der Waals surface area contributed by atoms with Gasteiger partial charge in [-0.1, -0.05) is 18.2 Å². The van der Waals surface area contributed by atoms with Crippen LogP contribution in [0, 0.1) is 0 Å². The first kappa shape index (κ1) is 15.7. The van der Waals surface area contributed by atoms with E-state index in [2.05, 4.69) is 15.8 Å². The van der Waals surface area contributed by atoms with E-state index in [1.165, 1.54) is 6.07 Å². The number of aromatic carboxylic acids is 1. The van der Waals surface area contributed by atoms with Gasteiger partial charge in [0.25, 0.3) is 0 Å². The number of carboxylic acid groups (broad SMARTS) is 1. The number of hydrazone groups is 1. The van der Waals surface area contributed by atoms with Gasteiger partial charge >= 0.3 is 5.97 Å². The minimum atomic E-state index is -1.00. The molecule has 0 atom stereocenters. The number of benzene rings is 2. The van der Waals surface area contributed by atoms with Crippen LogP contribution in [-0.2, 0) is 11.2 Å². The average Bonchev–Trinajstić information content (AvgIpc) is 2.59. The third-order valence-corrected chi connectivity index (χ3v) is 3.92. The van der Waals surface area contributed by atoms with Crippen molar-refractivity contribution in [3.8, 4) is 0 Å². The summed E-state index contributed by atoms with van der Waals surface area (Å²) in [5.74, 6) is -0.969. The largest absolute Gasteiger partial charge is 0.478 e. The van der Waals surface area contributed by atoms with E-state index in [0.29, 0.717) is 18.5 Å². The van der Waals surface area contributed by atoms with Crippen molar-refractivity contribution < 1.29 is 14.7 Å². The molecule has 0 spiro atoms. The number of hydrogen-bond acceptors (Lipinski definition) is 4. The number of nitrogens with zero attached hydrogens (tertiary/aromatic N) is 1. The molecule has 122 valence electrons. The van der Waals surface area contributed by atoms with Gasteiger partial charge in [0, 0.05) is 12.1 Å². The van der Waals surface area contributed by atoms with Crippen LogP contribution in [-0.4, -0.2) is 22.7 Å². The molecule has 1 aliphatic rings. The fraction of sp³-hybridized carbons (Fsp3) is 0.167. The van der Waals surface area contributed by atoms with E-state index in [9.17, 15) is 14.7 Å². The molecule has 1 aliphatic heterocycles. The highest BCUT2D eigenvalue weighted by atomic mass is 16.4. The van der Waals surface area contributed by atoms with Gasteiger partial charge in [-0.3, -0.25) is 10.2 Å². The number of carbonyl (C=O) groups is 2. The first-order valence-corrected chi connectivity index (χ1v) is 7.60. The van der Waals surface area contributed by atoms with Gasteiger partial charge in [0.15, 0.2) is 0 Å². The van der Waals surface area contributed by atoms with Crippen LogP contribution in [0.15, 0.2) is 47.6 Å². The average molecular weight is 323 g/mol. The summed E-state index contributed by atoms with van der Waals surface area (Å²) in [6, 6.07) is 12.4. The Balaban J connectivity index is 1.82. The van der Waals surface area contributed by atoms with Crippen LogP contribution in [0.25, 0.3) is 0 Å². The maximum Gasteiger partial charge on any atom is 0.337 e. The zero-order valence-electron chi connectivity index (χ0n) is 13.2. The third kappa shape index (κ3) is 3.27. The van der Waals surface area contributed by atoms with E-state index in [1.54, 1.807) is 18.2 Å². The van der Waals surface area contributed by atoms with Crippen molar-refractivity contribution >= 4 is 29.0 Å². The van der Waals surface area contributed by atoms with Crippen molar-refractivity contribution in [3.63, 3.8) is 0 Å². The highest BCUT2D eigenvalue weighted by molar-refractivity contribution is 6.01. The fourth-order valence-electron chi connectivity index (χ4n) is 2.58. The van der Waals surface area contributed by atoms with Crippen molar-refractivity contribution in [2.24, 2.45) is 5.10 Å². The zero-order chi connectivity index (χ0) is 17.1. The molecule has 0 saturated carbocycles. The lowest BCUT2D eigenvalue weighted by atomic mass is 9.99. The quantitative estimate of drug-likeness (QED) is 0.595. The van der Waals surface area contributed by atoms with Gasteiger partial charge in [0.05, 0.1) is 17.0 Å². The number of amides is 1. The molecule has 0 aromatic heterocycles. The number of carboxylic acids is 1. The van der Waals surface area contributed by atoms with Crippen molar-refractivity contribution in [1.29, 1.82) is 0 Å². The highest BCUT2D eigenvalue weighted by Crippen LogP contribution is 2.24. The van der Waals surface area contributed by atoms with E-state index in [1.807, 2.05) is 25.1 Å². The van der Waals surface area contributed by atoms with Crippen LogP contribution in [0.2, 0.25) is 0 Å². The molecule has 0 unspecified atom stereocenters. The Labute approximate surface area is 139 Å². The van der Waals surface area contributed by atoms with Gasteiger partial charge in [0.1, 0.15) is 0 Å². The second-order valence-electron chi connectivity index (χ2n) is 5.58. The number of rotatable bonds is 4. The first-order valence-electron chi connectivity index (χ1n) is 7.60. The Morgan fingerprint density at radius 3 is 2.79 bits per heavy atom. The molecule has 0 bridgehead atoms. The van der Waals surface area contributed by atoms with Crippen LogP contribution in [0.1, 0.15) is 34.8 Å². The number of carbonyl (C=O) groups excluding carboxylic acids is 1. The van der Waals surface area contributed by atoms with Gasteiger partial charge in [-0.15, -0.1) is 0 Å². The Bertz CT molecular complexity index is 843. The van der Waals surface area contributed by atoms with E-state index >= 15 is 0 Å². The van der Waals surface area contributed by atoms with Crippen LogP contribution < -0.4 is 10.7 Å². The van der Waals surface area contributed by atoms with Crippen LogP contribution in [0.3, 0.4) is 0 Å². The lowest BCUT2D eigenvalue weighted by molar-refractivity contribution is -0.116. The summed E-state index contributed by atoms with van der Waals surface area (Å²) in [6.07, 6.45) is 1.19. The molecule has 6 heteroatoms.